The molecule has 0 radical (unpaired) electrons. The maximum atomic E-state index is 11.1. The number of carbonyl (C=O) groups excluding carboxylic acids is 1. The van der Waals surface area contributed by atoms with E-state index in [0.717, 1.165) is 25.9 Å². The average molecular weight is 493 g/mol. The Kier molecular flexibility index (Phi) is 10.8. The van der Waals surface area contributed by atoms with Crippen LogP contribution < -0.4 is 31.9 Å². The van der Waals surface area contributed by atoms with Crippen LogP contribution in [-0.4, -0.2) is 75.2 Å². The highest BCUT2D eigenvalue weighted by Gasteiger charge is 2.14. The molecule has 7 N–H and O–H groups in total. The molecule has 1 amide bonds. The number of nitrogens with two attached hydrogens (primary N) is 1. The highest BCUT2D eigenvalue weighted by molar-refractivity contribution is 5.68. The number of carbonyl (C=O) groups is 1. The maximum absolute atomic E-state index is 11.1. The van der Waals surface area contributed by atoms with Crippen molar-refractivity contribution in [1.82, 2.24) is 25.3 Å². The van der Waals surface area contributed by atoms with Gasteiger partial charge in [0.2, 0.25) is 5.95 Å². The number of hydrazine groups is 1. The molecule has 1 unspecified atom stereocenters. The first-order valence-electron chi connectivity index (χ1n) is 11.6. The van der Waals surface area contributed by atoms with Gasteiger partial charge >= 0.3 is 6.09 Å². The summed E-state index contributed by atoms with van der Waals surface area (Å²) in [5.41, 5.74) is 10.4. The van der Waals surface area contributed by atoms with Crippen molar-refractivity contribution >= 4 is 29.5 Å². The molecule has 3 rings (SSSR count). The fourth-order valence-electron chi connectivity index (χ4n) is 3.34. The lowest BCUT2D eigenvalue weighted by Crippen LogP contribution is -2.33. The van der Waals surface area contributed by atoms with Crippen LogP contribution >= 0.6 is 0 Å². The summed E-state index contributed by atoms with van der Waals surface area (Å²) in [6.45, 7) is 8.79. The van der Waals surface area contributed by atoms with Gasteiger partial charge in [-0.2, -0.15) is 4.98 Å². The van der Waals surface area contributed by atoms with Crippen molar-refractivity contribution in [1.29, 1.82) is 5.41 Å². The number of nitrogens with zero attached hydrogens (tertiary/aromatic N) is 6. The van der Waals surface area contributed by atoms with Crippen LogP contribution in [-0.2, 0) is 4.74 Å². The number of piperidine rings is 1. The first-order chi connectivity index (χ1) is 16.7. The molecule has 2 aromatic heterocycles. The first kappa shape index (κ1) is 27.4. The highest BCUT2D eigenvalue weighted by atomic mass is 16.5. The topological polar surface area (TPSA) is 191 Å². The van der Waals surface area contributed by atoms with Crippen LogP contribution in [0.5, 0.6) is 0 Å². The van der Waals surface area contributed by atoms with E-state index >= 15 is 0 Å². The van der Waals surface area contributed by atoms with Crippen molar-refractivity contribution in [3.8, 4) is 0 Å². The number of nitrogens with one attached hydrogen (secondary N) is 3. The van der Waals surface area contributed by atoms with Gasteiger partial charge in [-0.3, -0.25) is 10.8 Å². The molecule has 3 heterocycles. The van der Waals surface area contributed by atoms with Crippen molar-refractivity contribution < 1.29 is 19.8 Å². The Bertz CT molecular complexity index is 977. The third-order valence-electron chi connectivity index (χ3n) is 5.03. The van der Waals surface area contributed by atoms with Crippen molar-refractivity contribution in [3.05, 3.63) is 23.7 Å². The molecule has 1 atom stereocenters. The minimum absolute atomic E-state index is 0.0388. The normalized spacial score (nSPS) is 13.8. The second-order valence-corrected chi connectivity index (χ2v) is 7.85. The Balaban J connectivity index is 0.000000256. The Labute approximate surface area is 204 Å². The molecule has 14 nitrogen and oxygen atoms in total. The number of ether oxygens (including phenoxy) is 1. The predicted octanol–water partition coefficient (Wildman–Crippen LogP) is 0.929. The van der Waals surface area contributed by atoms with E-state index < -0.39 is 12.2 Å². The molecule has 194 valence electrons. The summed E-state index contributed by atoms with van der Waals surface area (Å²) < 4.78 is 5.27. The van der Waals surface area contributed by atoms with Crippen molar-refractivity contribution in [2.75, 3.05) is 53.7 Å². The van der Waals surface area contributed by atoms with Gasteiger partial charge < -0.3 is 30.6 Å². The maximum Gasteiger partial charge on any atom is 0.425 e. The first-order valence-corrected chi connectivity index (χ1v) is 11.6. The van der Waals surface area contributed by atoms with Crippen LogP contribution in [0.15, 0.2) is 18.2 Å². The van der Waals surface area contributed by atoms with E-state index in [4.69, 9.17) is 11.1 Å². The minimum Gasteiger partial charge on any atom is -0.449 e. The molecule has 0 bridgehead atoms. The lowest BCUT2D eigenvalue weighted by atomic mass is 10.1. The Morgan fingerprint density at radius 3 is 2.54 bits per heavy atom. The second-order valence-electron chi connectivity index (χ2n) is 7.85. The zero-order valence-electron chi connectivity index (χ0n) is 20.4. The van der Waals surface area contributed by atoms with Gasteiger partial charge in [0.15, 0.2) is 17.1 Å². The summed E-state index contributed by atoms with van der Waals surface area (Å²) in [6.07, 6.45) is 2.50. The standard InChI is InChI=1S/C12H21N5O3.C9H15N5O/c1-4-17(8-9(3)18)11-7-6-10(13-15-11)14-16-12(19)20-5-2;10-7-6-8(12-9(11)14(7)15)13-4-2-1-3-5-13/h6-7,9,18H,4-5,8H2,1-3H3,(H,13,14)(H,16,19);6,10,15H,1-5H2,(H2,11,12). The fourth-order valence-corrected chi connectivity index (χ4v) is 3.34. The number of anilines is 4. The second kappa shape index (κ2) is 13.8. The minimum atomic E-state index is -0.581. The van der Waals surface area contributed by atoms with Gasteiger partial charge in [0.25, 0.3) is 0 Å². The number of aliphatic hydroxyl groups excluding tert-OH is 1. The molecular formula is C21H36N10O4. The van der Waals surface area contributed by atoms with E-state index in [0.29, 0.717) is 41.9 Å². The molecule has 35 heavy (non-hydrogen) atoms. The fraction of sp³-hybridized carbons (Fsp3) is 0.571. The van der Waals surface area contributed by atoms with Gasteiger partial charge in [-0.05, 0) is 52.2 Å². The molecule has 0 saturated carbocycles. The van der Waals surface area contributed by atoms with Crippen molar-refractivity contribution in [2.24, 2.45) is 0 Å². The summed E-state index contributed by atoms with van der Waals surface area (Å²) in [7, 11) is 0. The van der Waals surface area contributed by atoms with Gasteiger partial charge in [0.05, 0.1) is 12.7 Å². The van der Waals surface area contributed by atoms with E-state index in [1.807, 2.05) is 11.8 Å². The highest BCUT2D eigenvalue weighted by Crippen LogP contribution is 2.16. The van der Waals surface area contributed by atoms with Gasteiger partial charge in [-0.1, -0.05) is 0 Å². The molecule has 0 aliphatic carbocycles. The molecule has 1 saturated heterocycles. The molecule has 1 aliphatic heterocycles. The van der Waals surface area contributed by atoms with Gasteiger partial charge in [-0.15, -0.1) is 14.9 Å². The molecule has 14 heteroatoms. The van der Waals surface area contributed by atoms with Gasteiger partial charge in [0, 0.05) is 32.2 Å². The van der Waals surface area contributed by atoms with Gasteiger partial charge in [-0.25, -0.2) is 10.2 Å². The number of amides is 1. The smallest absolute Gasteiger partial charge is 0.425 e. The Morgan fingerprint density at radius 1 is 1.29 bits per heavy atom. The van der Waals surface area contributed by atoms with Crippen LogP contribution in [0.4, 0.5) is 28.2 Å². The van der Waals surface area contributed by atoms with E-state index in [-0.39, 0.29) is 11.4 Å². The summed E-state index contributed by atoms with van der Waals surface area (Å²) in [5, 5.41) is 34.1. The van der Waals surface area contributed by atoms with Gasteiger partial charge in [0.1, 0.15) is 5.82 Å². The molecule has 1 aliphatic rings. The van der Waals surface area contributed by atoms with E-state index in [9.17, 15) is 15.1 Å². The number of aromatic nitrogens is 4. The Morgan fingerprint density at radius 2 is 2.00 bits per heavy atom. The van der Waals surface area contributed by atoms with Crippen molar-refractivity contribution in [3.63, 3.8) is 0 Å². The predicted molar refractivity (Wildman–Crippen MR) is 131 cm³/mol. The molecule has 0 aromatic carbocycles. The summed E-state index contributed by atoms with van der Waals surface area (Å²) in [4.78, 5) is 19.1. The number of hydrogen-bond donors (Lipinski definition) is 6. The lowest BCUT2D eigenvalue weighted by molar-refractivity contribution is 0.154. The molecular weight excluding hydrogens is 456 g/mol. The lowest BCUT2D eigenvalue weighted by Gasteiger charge is -2.27. The molecule has 0 spiro atoms. The third-order valence-corrected chi connectivity index (χ3v) is 5.03. The average Bonchev–Trinajstić information content (AvgIpc) is 2.85. The number of hydrogen-bond acceptors (Lipinski definition) is 12. The zero-order valence-corrected chi connectivity index (χ0v) is 20.4. The summed E-state index contributed by atoms with van der Waals surface area (Å²) >= 11 is 0. The number of rotatable bonds is 8. The van der Waals surface area contributed by atoms with Crippen LogP contribution in [0.25, 0.3) is 0 Å². The van der Waals surface area contributed by atoms with Crippen LogP contribution in [0.2, 0.25) is 0 Å². The van der Waals surface area contributed by atoms with E-state index in [1.54, 1.807) is 26.0 Å². The summed E-state index contributed by atoms with van der Waals surface area (Å²) in [6, 6.07) is 4.97. The molecule has 2 aromatic rings. The molecule has 1 fully saturated rings. The van der Waals surface area contributed by atoms with Crippen LogP contribution in [0, 0.1) is 5.41 Å². The Hall–Kier alpha value is -3.81. The SMILES string of the molecule is CCOC(=O)NNc1ccc(N(CC)CC(C)O)nn1.N=c1cc(N2CCCCC2)nc(N)n1O. The van der Waals surface area contributed by atoms with E-state index in [1.165, 1.54) is 12.5 Å². The quantitative estimate of drug-likeness (QED) is 0.227. The van der Waals surface area contributed by atoms with Crippen LogP contribution in [0.1, 0.15) is 40.0 Å². The largest absolute Gasteiger partial charge is 0.449 e. The number of aliphatic hydroxyl groups is 1. The zero-order chi connectivity index (χ0) is 25.8. The third kappa shape index (κ3) is 8.81. The van der Waals surface area contributed by atoms with Crippen molar-refractivity contribution in [2.45, 2.75) is 46.1 Å². The van der Waals surface area contributed by atoms with E-state index in [2.05, 4.69) is 35.7 Å². The number of likely N-dealkylation sites (N-methyl/N-ethyl adjacent to an activating group) is 1. The van der Waals surface area contributed by atoms with Crippen LogP contribution in [0.3, 0.4) is 0 Å². The summed E-state index contributed by atoms with van der Waals surface area (Å²) in [5.74, 6) is 1.70. The number of nitrogen functional groups attached to an aromatic ring is 1. The monoisotopic (exact) mass is 492 g/mol.